The molecule has 1 atom stereocenters. The molecule has 0 spiro atoms. The molecule has 0 saturated heterocycles. The van der Waals surface area contributed by atoms with Gasteiger partial charge in [-0.15, -0.1) is 12.4 Å². The smallest absolute Gasteiger partial charge is 0.240 e. The lowest BCUT2D eigenvalue weighted by molar-refractivity contribution is -0.135. The lowest BCUT2D eigenvalue weighted by Crippen LogP contribution is -2.51. The lowest BCUT2D eigenvalue weighted by atomic mass is 9.86. The Morgan fingerprint density at radius 2 is 1.70 bits per heavy atom. The van der Waals surface area contributed by atoms with E-state index in [4.69, 9.17) is 15.2 Å². The summed E-state index contributed by atoms with van der Waals surface area (Å²) in [4.78, 5) is 14.4. The predicted molar refractivity (Wildman–Crippen MR) is 93.3 cm³/mol. The van der Waals surface area contributed by atoms with Crippen LogP contribution in [-0.4, -0.2) is 37.6 Å². The summed E-state index contributed by atoms with van der Waals surface area (Å²) in [6, 6.07) is 3.46. The maximum absolute atomic E-state index is 12.6. The van der Waals surface area contributed by atoms with Gasteiger partial charge in [-0.2, -0.15) is 0 Å². The molecule has 1 aliphatic rings. The fraction of sp³-hybridized carbons (Fsp3) is 0.588. The van der Waals surface area contributed by atoms with Crippen molar-refractivity contribution in [1.29, 1.82) is 0 Å². The molecule has 6 heteroatoms. The van der Waals surface area contributed by atoms with Gasteiger partial charge in [0.2, 0.25) is 5.91 Å². The van der Waals surface area contributed by atoms with Crippen molar-refractivity contribution < 1.29 is 14.3 Å². The highest BCUT2D eigenvalue weighted by atomic mass is 35.5. The first kappa shape index (κ1) is 19.6. The van der Waals surface area contributed by atoms with E-state index in [-0.39, 0.29) is 23.7 Å². The quantitative estimate of drug-likeness (QED) is 0.916. The van der Waals surface area contributed by atoms with Crippen LogP contribution >= 0.6 is 12.4 Å². The number of rotatable bonds is 3. The van der Waals surface area contributed by atoms with Crippen LogP contribution in [0.1, 0.15) is 31.9 Å². The molecule has 130 valence electrons. The first-order valence-electron chi connectivity index (χ1n) is 7.56. The molecule has 2 rings (SSSR count). The number of nitrogens with two attached hydrogens (primary N) is 1. The van der Waals surface area contributed by atoms with Crippen LogP contribution in [0.4, 0.5) is 0 Å². The van der Waals surface area contributed by atoms with Crippen LogP contribution in [-0.2, 0) is 17.8 Å². The number of hydrogen-bond acceptors (Lipinski definition) is 4. The number of fused-ring (bicyclic) bond motifs is 1. The molecule has 1 aliphatic heterocycles. The average molecular weight is 343 g/mol. The second-order valence-corrected chi connectivity index (χ2v) is 6.83. The van der Waals surface area contributed by atoms with E-state index >= 15 is 0 Å². The number of benzene rings is 1. The number of nitrogens with zero attached hydrogens (tertiary/aromatic N) is 1. The topological polar surface area (TPSA) is 64.8 Å². The van der Waals surface area contributed by atoms with Crippen molar-refractivity contribution in [3.63, 3.8) is 0 Å². The first-order chi connectivity index (χ1) is 10.3. The number of hydrogen-bond donors (Lipinski definition) is 1. The summed E-state index contributed by atoms with van der Waals surface area (Å²) in [6.45, 7) is 7.22. The molecular formula is C17H27ClN2O3. The van der Waals surface area contributed by atoms with Gasteiger partial charge in [0.05, 0.1) is 20.3 Å². The molecule has 1 amide bonds. The fourth-order valence-corrected chi connectivity index (χ4v) is 2.64. The van der Waals surface area contributed by atoms with Gasteiger partial charge in [-0.1, -0.05) is 20.8 Å². The Balaban J connectivity index is 0.00000264. The SMILES string of the molecule is COc1cc2c(cc1OC)CN(C(=O)[C@@H](N)C(C)(C)C)CC2.Cl. The van der Waals surface area contributed by atoms with Crippen molar-refractivity contribution in [3.05, 3.63) is 23.3 Å². The summed E-state index contributed by atoms with van der Waals surface area (Å²) in [5.41, 5.74) is 8.17. The van der Waals surface area contributed by atoms with E-state index in [0.29, 0.717) is 18.8 Å². The zero-order valence-electron chi connectivity index (χ0n) is 14.5. The van der Waals surface area contributed by atoms with E-state index in [1.807, 2.05) is 37.8 Å². The molecular weight excluding hydrogens is 316 g/mol. The maximum atomic E-state index is 12.6. The Morgan fingerprint density at radius 1 is 1.17 bits per heavy atom. The molecule has 0 aromatic heterocycles. The lowest BCUT2D eigenvalue weighted by Gasteiger charge is -2.35. The highest BCUT2D eigenvalue weighted by Gasteiger charge is 2.32. The molecule has 0 aliphatic carbocycles. The molecule has 2 N–H and O–H groups in total. The van der Waals surface area contributed by atoms with Crippen LogP contribution in [0.25, 0.3) is 0 Å². The molecule has 0 unspecified atom stereocenters. The third kappa shape index (κ3) is 4.09. The van der Waals surface area contributed by atoms with E-state index in [2.05, 4.69) is 0 Å². The largest absolute Gasteiger partial charge is 0.493 e. The van der Waals surface area contributed by atoms with Crippen LogP contribution in [0.2, 0.25) is 0 Å². The molecule has 0 bridgehead atoms. The summed E-state index contributed by atoms with van der Waals surface area (Å²) in [5.74, 6) is 1.43. The van der Waals surface area contributed by atoms with Crippen molar-refractivity contribution in [2.24, 2.45) is 11.1 Å². The average Bonchev–Trinajstić information content (AvgIpc) is 2.50. The Hall–Kier alpha value is -1.46. The van der Waals surface area contributed by atoms with Gasteiger partial charge >= 0.3 is 0 Å². The van der Waals surface area contributed by atoms with E-state index in [9.17, 15) is 4.79 Å². The van der Waals surface area contributed by atoms with E-state index in [0.717, 1.165) is 17.7 Å². The fourth-order valence-electron chi connectivity index (χ4n) is 2.64. The highest BCUT2D eigenvalue weighted by Crippen LogP contribution is 2.33. The molecule has 23 heavy (non-hydrogen) atoms. The summed E-state index contributed by atoms with van der Waals surface area (Å²) < 4.78 is 10.7. The van der Waals surface area contributed by atoms with E-state index < -0.39 is 6.04 Å². The molecule has 0 fully saturated rings. The molecule has 5 nitrogen and oxygen atoms in total. The number of methoxy groups -OCH3 is 2. The Kier molecular flexibility index (Phi) is 6.31. The van der Waals surface area contributed by atoms with E-state index in [1.165, 1.54) is 5.56 Å². The number of ether oxygens (including phenoxy) is 2. The zero-order valence-corrected chi connectivity index (χ0v) is 15.3. The normalized spacial score (nSPS) is 15.3. The Labute approximate surface area is 144 Å². The third-order valence-electron chi connectivity index (χ3n) is 4.23. The second-order valence-electron chi connectivity index (χ2n) is 6.83. The molecule has 0 radical (unpaired) electrons. The van der Waals surface area contributed by atoms with Crippen LogP contribution in [0.15, 0.2) is 12.1 Å². The number of carbonyl (C=O) groups excluding carboxylic acids is 1. The van der Waals surface area contributed by atoms with Gasteiger partial charge < -0.3 is 20.1 Å². The predicted octanol–water partition coefficient (Wildman–Crippen LogP) is 2.38. The van der Waals surface area contributed by atoms with Crippen molar-refractivity contribution in [3.8, 4) is 11.5 Å². The van der Waals surface area contributed by atoms with Crippen molar-refractivity contribution in [2.45, 2.75) is 39.8 Å². The van der Waals surface area contributed by atoms with Crippen LogP contribution in [0, 0.1) is 5.41 Å². The van der Waals surface area contributed by atoms with Gasteiger partial charge in [0, 0.05) is 13.1 Å². The molecule has 1 aromatic carbocycles. The van der Waals surface area contributed by atoms with Crippen LogP contribution < -0.4 is 15.2 Å². The van der Waals surface area contributed by atoms with Gasteiger partial charge in [-0.3, -0.25) is 4.79 Å². The molecule has 1 heterocycles. The minimum atomic E-state index is -0.491. The van der Waals surface area contributed by atoms with Crippen molar-refractivity contribution in [1.82, 2.24) is 4.90 Å². The summed E-state index contributed by atoms with van der Waals surface area (Å²) in [5, 5.41) is 0. The summed E-state index contributed by atoms with van der Waals surface area (Å²) in [7, 11) is 3.25. The minimum Gasteiger partial charge on any atom is -0.493 e. The van der Waals surface area contributed by atoms with Gasteiger partial charge in [0.25, 0.3) is 0 Å². The Morgan fingerprint density at radius 3 is 2.17 bits per heavy atom. The van der Waals surface area contributed by atoms with Crippen LogP contribution in [0.3, 0.4) is 0 Å². The summed E-state index contributed by atoms with van der Waals surface area (Å²) >= 11 is 0. The highest BCUT2D eigenvalue weighted by molar-refractivity contribution is 5.85. The number of halogens is 1. The maximum Gasteiger partial charge on any atom is 0.240 e. The van der Waals surface area contributed by atoms with Crippen LogP contribution in [0.5, 0.6) is 11.5 Å². The van der Waals surface area contributed by atoms with Crippen molar-refractivity contribution in [2.75, 3.05) is 20.8 Å². The minimum absolute atomic E-state index is 0. The molecule has 0 saturated carbocycles. The third-order valence-corrected chi connectivity index (χ3v) is 4.23. The monoisotopic (exact) mass is 342 g/mol. The van der Waals surface area contributed by atoms with Gasteiger partial charge in [0.1, 0.15) is 0 Å². The Bertz CT molecular complexity index is 570. The van der Waals surface area contributed by atoms with Gasteiger partial charge in [-0.25, -0.2) is 0 Å². The zero-order chi connectivity index (χ0) is 16.5. The van der Waals surface area contributed by atoms with Gasteiger partial charge in [-0.05, 0) is 35.1 Å². The van der Waals surface area contributed by atoms with Gasteiger partial charge in [0.15, 0.2) is 11.5 Å². The second kappa shape index (κ2) is 7.41. The standard InChI is InChI=1S/C17H26N2O3.ClH/c1-17(2,3)15(18)16(20)19-7-6-11-8-13(21-4)14(22-5)9-12(11)10-19;/h8-9,15H,6-7,10,18H2,1-5H3;1H/t15-;/m1./s1. The first-order valence-corrected chi connectivity index (χ1v) is 7.56. The molecule has 1 aromatic rings. The van der Waals surface area contributed by atoms with Crippen molar-refractivity contribution >= 4 is 18.3 Å². The number of amides is 1. The van der Waals surface area contributed by atoms with E-state index in [1.54, 1.807) is 14.2 Å². The summed E-state index contributed by atoms with van der Waals surface area (Å²) in [6.07, 6.45) is 0.804. The number of carbonyl (C=O) groups is 1.